The van der Waals surface area contributed by atoms with Crippen molar-refractivity contribution >= 4 is 0 Å². The number of benzene rings is 1. The van der Waals surface area contributed by atoms with Crippen LogP contribution in [0.3, 0.4) is 0 Å². The maximum Gasteiger partial charge on any atom is 0.123 e. The Bertz CT molecular complexity index is 476. The van der Waals surface area contributed by atoms with Crippen LogP contribution in [0.4, 0.5) is 0 Å². The molecule has 1 heterocycles. The average molecular weight is 273 g/mol. The van der Waals surface area contributed by atoms with Crippen LogP contribution in [0.25, 0.3) is 0 Å². The molecule has 2 nitrogen and oxygen atoms in total. The second-order valence-electron chi connectivity index (χ2n) is 7.09. The summed E-state index contributed by atoms with van der Waals surface area (Å²) in [5.74, 6) is 2.03. The summed E-state index contributed by atoms with van der Waals surface area (Å²) in [6.45, 7) is 7.68. The topological polar surface area (TPSA) is 21.3 Å². The SMILES string of the molecule is CCCNC(CC1CC1)c1ccc2c(c1)CC(C)(C)O2. The largest absolute Gasteiger partial charge is 0.487 e. The summed E-state index contributed by atoms with van der Waals surface area (Å²) in [5, 5.41) is 3.73. The van der Waals surface area contributed by atoms with Gasteiger partial charge in [-0.05, 0) is 56.3 Å². The van der Waals surface area contributed by atoms with Gasteiger partial charge in [0.05, 0.1) is 0 Å². The third-order valence-electron chi connectivity index (χ3n) is 4.40. The molecule has 1 N–H and O–H groups in total. The van der Waals surface area contributed by atoms with Crippen molar-refractivity contribution in [2.24, 2.45) is 5.92 Å². The van der Waals surface area contributed by atoms with Crippen LogP contribution in [0, 0.1) is 5.92 Å². The fourth-order valence-corrected chi connectivity index (χ4v) is 3.19. The van der Waals surface area contributed by atoms with Crippen molar-refractivity contribution in [3.8, 4) is 5.75 Å². The molecule has 0 aromatic heterocycles. The number of nitrogens with one attached hydrogen (secondary N) is 1. The lowest BCUT2D eigenvalue weighted by Gasteiger charge is -2.19. The van der Waals surface area contributed by atoms with Gasteiger partial charge in [0.2, 0.25) is 0 Å². The lowest BCUT2D eigenvalue weighted by Crippen LogP contribution is -2.24. The maximum atomic E-state index is 5.98. The first kappa shape index (κ1) is 13.9. The van der Waals surface area contributed by atoms with Crippen LogP contribution in [0.15, 0.2) is 18.2 Å². The summed E-state index contributed by atoms with van der Waals surface area (Å²) >= 11 is 0. The van der Waals surface area contributed by atoms with E-state index in [1.54, 1.807) is 0 Å². The first-order valence-corrected chi connectivity index (χ1v) is 8.12. The monoisotopic (exact) mass is 273 g/mol. The van der Waals surface area contributed by atoms with Gasteiger partial charge >= 0.3 is 0 Å². The second kappa shape index (κ2) is 5.40. The van der Waals surface area contributed by atoms with Gasteiger partial charge in [-0.25, -0.2) is 0 Å². The van der Waals surface area contributed by atoms with E-state index in [1.165, 1.54) is 36.8 Å². The van der Waals surface area contributed by atoms with Gasteiger partial charge in [0.25, 0.3) is 0 Å². The minimum atomic E-state index is -0.0379. The van der Waals surface area contributed by atoms with Crippen molar-refractivity contribution < 1.29 is 4.74 Å². The lowest BCUT2D eigenvalue weighted by molar-refractivity contribution is 0.138. The van der Waals surface area contributed by atoms with Crippen LogP contribution in [-0.2, 0) is 6.42 Å². The molecule has 20 heavy (non-hydrogen) atoms. The van der Waals surface area contributed by atoms with Crippen molar-refractivity contribution in [1.29, 1.82) is 0 Å². The third kappa shape index (κ3) is 3.17. The van der Waals surface area contributed by atoms with Crippen molar-refractivity contribution in [2.75, 3.05) is 6.54 Å². The molecule has 110 valence electrons. The highest BCUT2D eigenvalue weighted by Gasteiger charge is 2.31. The Balaban J connectivity index is 1.77. The first-order chi connectivity index (χ1) is 9.57. The van der Waals surface area contributed by atoms with Crippen LogP contribution in [0.1, 0.15) is 63.6 Å². The fraction of sp³-hybridized carbons (Fsp3) is 0.667. The summed E-state index contributed by atoms with van der Waals surface area (Å²) in [6.07, 6.45) is 6.36. The summed E-state index contributed by atoms with van der Waals surface area (Å²) in [6, 6.07) is 7.33. The molecular weight excluding hydrogens is 246 g/mol. The van der Waals surface area contributed by atoms with E-state index in [0.29, 0.717) is 6.04 Å². The van der Waals surface area contributed by atoms with E-state index in [9.17, 15) is 0 Å². The number of fused-ring (bicyclic) bond motifs is 1. The lowest BCUT2D eigenvalue weighted by atomic mass is 9.95. The van der Waals surface area contributed by atoms with E-state index in [0.717, 1.165) is 24.6 Å². The number of hydrogen-bond acceptors (Lipinski definition) is 2. The van der Waals surface area contributed by atoms with Crippen LogP contribution >= 0.6 is 0 Å². The van der Waals surface area contributed by atoms with Gasteiger partial charge in [0.15, 0.2) is 0 Å². The second-order valence-corrected chi connectivity index (χ2v) is 7.09. The highest BCUT2D eigenvalue weighted by atomic mass is 16.5. The minimum Gasteiger partial charge on any atom is -0.487 e. The van der Waals surface area contributed by atoms with E-state index < -0.39 is 0 Å². The molecule has 2 aliphatic rings. The maximum absolute atomic E-state index is 5.98. The molecule has 1 saturated carbocycles. The molecule has 2 heteroatoms. The van der Waals surface area contributed by atoms with Gasteiger partial charge in [0, 0.05) is 12.5 Å². The van der Waals surface area contributed by atoms with Crippen LogP contribution in [0.2, 0.25) is 0 Å². The number of rotatable bonds is 6. The molecule has 1 aromatic rings. The molecule has 3 rings (SSSR count). The van der Waals surface area contributed by atoms with Gasteiger partial charge in [0.1, 0.15) is 11.4 Å². The third-order valence-corrected chi connectivity index (χ3v) is 4.40. The van der Waals surface area contributed by atoms with Gasteiger partial charge in [-0.1, -0.05) is 31.9 Å². The van der Waals surface area contributed by atoms with Gasteiger partial charge < -0.3 is 10.1 Å². The molecule has 0 spiro atoms. The quantitative estimate of drug-likeness (QED) is 0.837. The van der Waals surface area contributed by atoms with E-state index in [-0.39, 0.29) is 5.60 Å². The highest BCUT2D eigenvalue weighted by molar-refractivity contribution is 5.42. The average Bonchev–Trinajstić information content (AvgIpc) is 3.14. The standard InChI is InChI=1S/C18H27NO/c1-4-9-19-16(10-13-5-6-13)14-7-8-17-15(11-14)12-18(2,3)20-17/h7-8,11,13,16,19H,4-6,9-10,12H2,1-3H3. The van der Waals surface area contributed by atoms with Gasteiger partial charge in [-0.3, -0.25) is 0 Å². The molecule has 0 radical (unpaired) electrons. The van der Waals surface area contributed by atoms with Crippen molar-refractivity contribution in [2.45, 2.75) is 64.5 Å². The van der Waals surface area contributed by atoms with E-state index >= 15 is 0 Å². The van der Waals surface area contributed by atoms with Crippen LogP contribution in [0.5, 0.6) is 5.75 Å². The zero-order chi connectivity index (χ0) is 14.2. The molecule has 1 aliphatic carbocycles. The Labute approximate surface area is 122 Å². The zero-order valence-electron chi connectivity index (χ0n) is 13.0. The van der Waals surface area contributed by atoms with Crippen molar-refractivity contribution in [3.63, 3.8) is 0 Å². The molecule has 1 unspecified atom stereocenters. The van der Waals surface area contributed by atoms with E-state index in [2.05, 4.69) is 44.3 Å². The van der Waals surface area contributed by atoms with E-state index in [4.69, 9.17) is 4.74 Å². The number of ether oxygens (including phenoxy) is 1. The molecule has 1 aliphatic heterocycles. The first-order valence-electron chi connectivity index (χ1n) is 8.12. The zero-order valence-corrected chi connectivity index (χ0v) is 13.0. The molecule has 0 saturated heterocycles. The fourth-order valence-electron chi connectivity index (χ4n) is 3.19. The normalized spacial score (nSPS) is 21.4. The smallest absolute Gasteiger partial charge is 0.123 e. The Morgan fingerprint density at radius 1 is 1.35 bits per heavy atom. The molecule has 1 fully saturated rings. The Morgan fingerprint density at radius 3 is 2.85 bits per heavy atom. The predicted octanol–water partition coefficient (Wildman–Crippen LogP) is 4.24. The minimum absolute atomic E-state index is 0.0379. The van der Waals surface area contributed by atoms with E-state index in [1.807, 2.05) is 0 Å². The summed E-state index contributed by atoms with van der Waals surface area (Å²) < 4.78 is 5.98. The molecule has 0 bridgehead atoms. The summed E-state index contributed by atoms with van der Waals surface area (Å²) in [5.41, 5.74) is 2.79. The molecular formula is C18H27NO. The molecule has 1 atom stereocenters. The summed E-state index contributed by atoms with van der Waals surface area (Å²) in [7, 11) is 0. The molecule has 1 aromatic carbocycles. The summed E-state index contributed by atoms with van der Waals surface area (Å²) in [4.78, 5) is 0. The van der Waals surface area contributed by atoms with Crippen LogP contribution < -0.4 is 10.1 Å². The predicted molar refractivity (Wildman–Crippen MR) is 83.2 cm³/mol. The molecule has 0 amide bonds. The Hall–Kier alpha value is -1.02. The van der Waals surface area contributed by atoms with Crippen molar-refractivity contribution in [3.05, 3.63) is 29.3 Å². The Kier molecular flexibility index (Phi) is 3.76. The van der Waals surface area contributed by atoms with Crippen molar-refractivity contribution in [1.82, 2.24) is 5.32 Å². The van der Waals surface area contributed by atoms with Gasteiger partial charge in [-0.15, -0.1) is 0 Å². The number of hydrogen-bond donors (Lipinski definition) is 1. The van der Waals surface area contributed by atoms with Gasteiger partial charge in [-0.2, -0.15) is 0 Å². The Morgan fingerprint density at radius 2 is 2.15 bits per heavy atom. The highest BCUT2D eigenvalue weighted by Crippen LogP contribution is 2.40. The van der Waals surface area contributed by atoms with Crippen LogP contribution in [-0.4, -0.2) is 12.1 Å².